The molecule has 0 unspecified atom stereocenters. The summed E-state index contributed by atoms with van der Waals surface area (Å²) in [5, 5.41) is 0.647. The highest BCUT2D eigenvalue weighted by atomic mass is 35.5. The number of fused-ring (bicyclic) bond motifs is 1. The van der Waals surface area contributed by atoms with E-state index in [0.717, 1.165) is 18.5 Å². The fraction of sp³-hybridized carbons (Fsp3) is 0.462. The van der Waals surface area contributed by atoms with Gasteiger partial charge < -0.3 is 0 Å². The van der Waals surface area contributed by atoms with Crippen LogP contribution in [0, 0.1) is 0 Å². The van der Waals surface area contributed by atoms with Gasteiger partial charge in [0, 0.05) is 18.3 Å². The molecule has 1 aliphatic carbocycles. The highest BCUT2D eigenvalue weighted by Crippen LogP contribution is 2.30. The number of nitrogens with zero attached hydrogens (tertiary/aromatic N) is 2. The van der Waals surface area contributed by atoms with Crippen molar-refractivity contribution in [3.05, 3.63) is 34.1 Å². The minimum Gasteiger partial charge on any atom is -0.299 e. The number of hydrogen-bond acceptors (Lipinski definition) is 2. The van der Waals surface area contributed by atoms with Crippen LogP contribution in [0.15, 0.2) is 17.8 Å². The fourth-order valence-electron chi connectivity index (χ4n) is 2.62. The van der Waals surface area contributed by atoms with Gasteiger partial charge in [-0.1, -0.05) is 23.3 Å². The van der Waals surface area contributed by atoms with Crippen LogP contribution in [0.2, 0.25) is 5.15 Å². The Morgan fingerprint density at radius 1 is 1.31 bits per heavy atom. The van der Waals surface area contributed by atoms with E-state index in [1.165, 1.54) is 37.1 Å². The van der Waals surface area contributed by atoms with E-state index < -0.39 is 0 Å². The molecule has 16 heavy (non-hydrogen) atoms. The van der Waals surface area contributed by atoms with E-state index in [9.17, 15) is 0 Å². The van der Waals surface area contributed by atoms with Crippen LogP contribution >= 0.6 is 11.6 Å². The Morgan fingerprint density at radius 3 is 2.88 bits per heavy atom. The molecule has 0 spiro atoms. The SMILES string of the molecule is Clc1nccc2c1C=C(CN1CCCC1)C2. The molecule has 0 amide bonds. The molecule has 1 aromatic rings. The summed E-state index contributed by atoms with van der Waals surface area (Å²) < 4.78 is 0. The maximum atomic E-state index is 6.08. The average molecular weight is 235 g/mol. The van der Waals surface area contributed by atoms with Crippen LogP contribution in [-0.2, 0) is 6.42 Å². The number of aromatic nitrogens is 1. The van der Waals surface area contributed by atoms with Crippen LogP contribution in [0.3, 0.4) is 0 Å². The Bertz CT molecular complexity index is 434. The van der Waals surface area contributed by atoms with Gasteiger partial charge in [0.25, 0.3) is 0 Å². The first kappa shape index (κ1) is 10.3. The predicted octanol–water partition coefficient (Wildman–Crippen LogP) is 2.77. The smallest absolute Gasteiger partial charge is 0.136 e. The van der Waals surface area contributed by atoms with Gasteiger partial charge in [-0.3, -0.25) is 4.90 Å². The lowest BCUT2D eigenvalue weighted by molar-refractivity contribution is 0.367. The molecule has 0 radical (unpaired) electrons. The van der Waals surface area contributed by atoms with Crippen LogP contribution in [0.4, 0.5) is 0 Å². The minimum absolute atomic E-state index is 0.647. The summed E-state index contributed by atoms with van der Waals surface area (Å²) >= 11 is 6.08. The summed E-state index contributed by atoms with van der Waals surface area (Å²) in [6.07, 6.45) is 7.77. The molecule has 1 fully saturated rings. The van der Waals surface area contributed by atoms with Crippen molar-refractivity contribution in [2.45, 2.75) is 19.3 Å². The van der Waals surface area contributed by atoms with Crippen LogP contribution < -0.4 is 0 Å². The first-order chi connectivity index (χ1) is 7.83. The lowest BCUT2D eigenvalue weighted by Gasteiger charge is -2.14. The first-order valence-corrected chi connectivity index (χ1v) is 6.26. The van der Waals surface area contributed by atoms with Crippen LogP contribution in [0.25, 0.3) is 6.08 Å². The van der Waals surface area contributed by atoms with Crippen molar-refractivity contribution in [1.82, 2.24) is 9.88 Å². The fourth-order valence-corrected chi connectivity index (χ4v) is 2.85. The summed E-state index contributed by atoms with van der Waals surface area (Å²) in [7, 11) is 0. The number of halogens is 1. The van der Waals surface area contributed by atoms with Crippen molar-refractivity contribution in [3.63, 3.8) is 0 Å². The molecule has 1 saturated heterocycles. The van der Waals surface area contributed by atoms with Crippen LogP contribution in [0.1, 0.15) is 24.0 Å². The van der Waals surface area contributed by atoms with E-state index in [4.69, 9.17) is 11.6 Å². The Hall–Kier alpha value is -0.860. The Labute approximate surface area is 101 Å². The molecule has 2 nitrogen and oxygen atoms in total. The maximum absolute atomic E-state index is 6.08. The van der Waals surface area contributed by atoms with Crippen LogP contribution in [0.5, 0.6) is 0 Å². The predicted molar refractivity (Wildman–Crippen MR) is 66.6 cm³/mol. The lowest BCUT2D eigenvalue weighted by Crippen LogP contribution is -2.21. The zero-order valence-electron chi connectivity index (χ0n) is 9.25. The van der Waals surface area contributed by atoms with Crippen molar-refractivity contribution in [2.75, 3.05) is 19.6 Å². The van der Waals surface area contributed by atoms with E-state index in [0.29, 0.717) is 5.15 Å². The van der Waals surface area contributed by atoms with Gasteiger partial charge in [-0.05, 0) is 44.0 Å². The third-order valence-corrected chi connectivity index (χ3v) is 3.72. The van der Waals surface area contributed by atoms with Crippen molar-refractivity contribution in [1.29, 1.82) is 0 Å². The van der Waals surface area contributed by atoms with Gasteiger partial charge in [-0.15, -0.1) is 0 Å². The van der Waals surface area contributed by atoms with Crippen molar-refractivity contribution >= 4 is 17.7 Å². The summed E-state index contributed by atoms with van der Waals surface area (Å²) in [5.74, 6) is 0. The van der Waals surface area contributed by atoms with Gasteiger partial charge in [-0.25, -0.2) is 4.98 Å². The quantitative estimate of drug-likeness (QED) is 0.732. The second-order valence-electron chi connectivity index (χ2n) is 4.64. The largest absolute Gasteiger partial charge is 0.299 e. The zero-order chi connectivity index (χ0) is 11.0. The standard InChI is InChI=1S/C13H15ClN2/c14-13-12-8-10(7-11(12)3-4-15-13)9-16-5-1-2-6-16/h3-4,8H,1-2,5-7,9H2. The molecule has 2 aliphatic rings. The summed E-state index contributed by atoms with van der Waals surface area (Å²) in [5.41, 5.74) is 3.94. The second-order valence-corrected chi connectivity index (χ2v) is 5.00. The summed E-state index contributed by atoms with van der Waals surface area (Å²) in [6, 6.07) is 2.08. The van der Waals surface area contributed by atoms with Crippen molar-refractivity contribution < 1.29 is 0 Å². The third-order valence-electron chi connectivity index (χ3n) is 3.42. The van der Waals surface area contributed by atoms with E-state index in [2.05, 4.69) is 22.0 Å². The molecule has 2 heterocycles. The van der Waals surface area contributed by atoms with E-state index in [-0.39, 0.29) is 0 Å². The van der Waals surface area contributed by atoms with Crippen LogP contribution in [-0.4, -0.2) is 29.5 Å². The summed E-state index contributed by atoms with van der Waals surface area (Å²) in [4.78, 5) is 6.65. The molecule has 0 saturated carbocycles. The lowest BCUT2D eigenvalue weighted by atomic mass is 10.1. The molecule has 3 heteroatoms. The number of rotatable bonds is 2. The van der Waals surface area contributed by atoms with E-state index in [1.54, 1.807) is 6.20 Å². The Balaban J connectivity index is 1.76. The Kier molecular flexibility index (Phi) is 2.70. The molecular weight excluding hydrogens is 220 g/mol. The molecule has 0 aromatic carbocycles. The Morgan fingerprint density at radius 2 is 2.12 bits per heavy atom. The van der Waals surface area contributed by atoms with Gasteiger partial charge in [0.15, 0.2) is 0 Å². The van der Waals surface area contributed by atoms with Gasteiger partial charge in [0.2, 0.25) is 0 Å². The van der Waals surface area contributed by atoms with Gasteiger partial charge >= 0.3 is 0 Å². The van der Waals surface area contributed by atoms with E-state index >= 15 is 0 Å². The molecule has 1 aliphatic heterocycles. The molecule has 0 bridgehead atoms. The highest BCUT2D eigenvalue weighted by molar-refractivity contribution is 6.31. The third kappa shape index (κ3) is 1.87. The molecule has 0 atom stereocenters. The normalized spacial score (nSPS) is 19.9. The first-order valence-electron chi connectivity index (χ1n) is 5.88. The topological polar surface area (TPSA) is 16.1 Å². The second kappa shape index (κ2) is 4.19. The van der Waals surface area contributed by atoms with Crippen molar-refractivity contribution in [3.8, 4) is 0 Å². The molecule has 3 rings (SSSR count). The van der Waals surface area contributed by atoms with Gasteiger partial charge in [0.05, 0.1) is 0 Å². The molecular formula is C13H15ClN2. The summed E-state index contributed by atoms with van der Waals surface area (Å²) in [6.45, 7) is 3.60. The average Bonchev–Trinajstić information content (AvgIpc) is 2.88. The number of pyridine rings is 1. The monoisotopic (exact) mass is 234 g/mol. The highest BCUT2D eigenvalue weighted by Gasteiger charge is 2.19. The van der Waals surface area contributed by atoms with Gasteiger partial charge in [0.1, 0.15) is 5.15 Å². The van der Waals surface area contributed by atoms with Crippen molar-refractivity contribution in [2.24, 2.45) is 0 Å². The molecule has 1 aromatic heterocycles. The number of hydrogen-bond donors (Lipinski definition) is 0. The van der Waals surface area contributed by atoms with Gasteiger partial charge in [-0.2, -0.15) is 0 Å². The molecule has 0 N–H and O–H groups in total. The number of likely N-dealkylation sites (tertiary alicyclic amines) is 1. The zero-order valence-corrected chi connectivity index (χ0v) is 10.0. The maximum Gasteiger partial charge on any atom is 0.136 e. The van der Waals surface area contributed by atoms with E-state index in [1.807, 2.05) is 0 Å². The minimum atomic E-state index is 0.647. The molecule has 84 valence electrons.